The van der Waals surface area contributed by atoms with Crippen molar-refractivity contribution in [1.29, 1.82) is 0 Å². The second kappa shape index (κ2) is 66.7. The second-order valence-electron chi connectivity index (χ2n) is 21.5. The van der Waals surface area contributed by atoms with E-state index >= 15 is 0 Å². The lowest BCUT2D eigenvalue weighted by Gasteiger charge is -2.10. The molecule has 0 heterocycles. The summed E-state index contributed by atoms with van der Waals surface area (Å²) in [5, 5.41) is 56.9. The van der Waals surface area contributed by atoms with Crippen molar-refractivity contribution in [3.8, 4) is 0 Å². The van der Waals surface area contributed by atoms with Crippen LogP contribution < -0.4 is 78.6 Å². The fourth-order valence-electron chi connectivity index (χ4n) is 7.01. The van der Waals surface area contributed by atoms with Gasteiger partial charge in [-0.2, -0.15) is 0 Å². The Bertz CT molecular complexity index is 3410. The van der Waals surface area contributed by atoms with Gasteiger partial charge in [0.2, 0.25) is 35.4 Å². The second-order valence-corrected chi connectivity index (χ2v) is 21.5. The van der Waals surface area contributed by atoms with E-state index in [0.717, 1.165) is 22.3 Å². The molecule has 0 spiro atoms. The first-order valence-electron chi connectivity index (χ1n) is 32.6. The average Bonchev–Trinajstić information content (AvgIpc) is 0.836. The molecule has 42 heteroatoms. The van der Waals surface area contributed by atoms with Crippen LogP contribution in [0.5, 0.6) is 0 Å². The molecule has 0 bridgehead atoms. The number of benzene rings is 5. The quantitative estimate of drug-likeness (QED) is 0.0117. The van der Waals surface area contributed by atoms with Crippen LogP contribution in [0.25, 0.3) is 0 Å². The molecule has 0 saturated carbocycles. The highest BCUT2D eigenvalue weighted by Gasteiger charge is 2.24. The van der Waals surface area contributed by atoms with Gasteiger partial charge in [-0.3, -0.25) is 67.1 Å². The number of carbonyl (C=O) groups is 18. The molecule has 0 atom stereocenters. The van der Waals surface area contributed by atoms with Gasteiger partial charge in [-0.05, 0) is 60.1 Å². The van der Waals surface area contributed by atoms with Crippen LogP contribution in [0, 0.1) is 11.8 Å². The van der Waals surface area contributed by atoms with Crippen LogP contribution in [0.15, 0.2) is 146 Å². The predicted octanol–water partition coefficient (Wildman–Crippen LogP) is -2.02. The number of rotatable bonds is 36. The molecule has 30 N–H and O–H groups in total. The highest BCUT2D eigenvalue weighted by molar-refractivity contribution is 6.08. The van der Waals surface area contributed by atoms with Gasteiger partial charge in [0.25, 0.3) is 0 Å². The van der Waals surface area contributed by atoms with Gasteiger partial charge < -0.3 is 128 Å². The Labute approximate surface area is 640 Å². The molecule has 5 rings (SSSR count). The van der Waals surface area contributed by atoms with E-state index in [2.05, 4.69) is 44.2 Å². The third-order valence-electron chi connectivity index (χ3n) is 12.3. The summed E-state index contributed by atoms with van der Waals surface area (Å²) >= 11 is 0. The summed E-state index contributed by atoms with van der Waals surface area (Å²) in [4.78, 5) is 191. The van der Waals surface area contributed by atoms with E-state index in [1.807, 2.05) is 121 Å². The molecule has 0 fully saturated rings. The number of carboxylic acids is 6. The first-order chi connectivity index (χ1) is 52.8. The van der Waals surface area contributed by atoms with Gasteiger partial charge in [-0.1, -0.05) is 133 Å². The molecule has 0 aliphatic rings. The number of nitrogens with one attached hydrogen (secondary N) is 4. The van der Waals surface area contributed by atoms with Crippen molar-refractivity contribution in [3.63, 3.8) is 0 Å². The minimum Gasteiger partial charge on any atom is -0.480 e. The first kappa shape index (κ1) is 105. The van der Waals surface area contributed by atoms with Crippen molar-refractivity contribution in [2.45, 2.75) is 77.7 Å². The molecule has 0 unspecified atom stereocenters. The largest absolute Gasteiger partial charge is 0.480 e. The van der Waals surface area contributed by atoms with Gasteiger partial charge >= 0.3 is 71.9 Å². The third-order valence-corrected chi connectivity index (χ3v) is 12.3. The Kier molecular flexibility index (Phi) is 62.4. The Morgan fingerprint density at radius 2 is 0.536 bits per heavy atom. The molecule has 42 nitrogen and oxygen atoms in total. The number of esters is 4. The van der Waals surface area contributed by atoms with Gasteiger partial charge in [-0.15, -0.1) is 0 Å². The van der Waals surface area contributed by atoms with Gasteiger partial charge in [0, 0.05) is 50.6 Å². The van der Waals surface area contributed by atoms with Crippen LogP contribution in [0.1, 0.15) is 94.3 Å². The van der Waals surface area contributed by atoms with Gasteiger partial charge in [-0.25, -0.2) is 19.2 Å². The molecule has 0 aromatic heterocycles. The van der Waals surface area contributed by atoms with Gasteiger partial charge in [0.05, 0.1) is 50.4 Å². The highest BCUT2D eigenvalue weighted by Crippen LogP contribution is 2.15. The Morgan fingerprint density at radius 3 is 0.741 bits per heavy atom. The van der Waals surface area contributed by atoms with E-state index in [0.29, 0.717) is 13.1 Å². The van der Waals surface area contributed by atoms with Crippen molar-refractivity contribution in [3.05, 3.63) is 179 Å². The molecular weight excluding hydrogens is 1480 g/mol. The maximum atomic E-state index is 12.5. The van der Waals surface area contributed by atoms with E-state index in [9.17, 15) is 86.3 Å². The number of ether oxygens (including phenoxy) is 4. The maximum Gasteiger partial charge on any atom is 0.407 e. The number of hydrogen-bond donors (Lipinski definition) is 20. The summed E-state index contributed by atoms with van der Waals surface area (Å²) in [6.07, 6.45) is -0.00833. The molecular formula is C70H96N14O28. The lowest BCUT2D eigenvalue weighted by atomic mass is 9.96. The van der Waals surface area contributed by atoms with Crippen molar-refractivity contribution in [1.82, 2.24) is 21.3 Å². The van der Waals surface area contributed by atoms with Crippen LogP contribution in [-0.2, 0) is 112 Å². The van der Waals surface area contributed by atoms with Gasteiger partial charge in [0.1, 0.15) is 26.3 Å². The molecule has 8 amide bonds. The molecule has 0 aliphatic heterocycles. The molecule has 0 aliphatic carbocycles. The molecule has 0 saturated heterocycles. The number of alkyl carbamates (subject to hydrolysis) is 2. The molecule has 5 aromatic rings. The van der Waals surface area contributed by atoms with Crippen molar-refractivity contribution in [2.24, 2.45) is 69.2 Å². The fraction of sp³-hybridized carbons (Fsp3) is 0.314. The summed E-state index contributed by atoms with van der Waals surface area (Å²) in [7, 11) is 0. The van der Waals surface area contributed by atoms with Crippen LogP contribution in [-0.4, -0.2) is 190 Å². The summed E-state index contributed by atoms with van der Waals surface area (Å²) in [5.74, 6) is -13.7. The average molecular weight is 1580 g/mol. The number of carboxylic acid groups (broad SMARTS) is 6. The Hall–Kier alpha value is -13.7. The number of carbonyl (C=O) groups excluding carboxylic acids is 12. The summed E-state index contributed by atoms with van der Waals surface area (Å²) < 4.78 is 19.2. The summed E-state index contributed by atoms with van der Waals surface area (Å²) in [5.41, 5.74) is 51.4. The van der Waals surface area contributed by atoms with Crippen LogP contribution in [0.2, 0.25) is 0 Å². The van der Waals surface area contributed by atoms with E-state index in [1.54, 1.807) is 0 Å². The zero-order chi connectivity index (χ0) is 85.8. The minimum atomic E-state index is -1.10. The van der Waals surface area contributed by atoms with E-state index in [-0.39, 0.29) is 115 Å². The highest BCUT2D eigenvalue weighted by atomic mass is 16.6. The topological polar surface area (TPSA) is 774 Å². The van der Waals surface area contributed by atoms with E-state index in [4.69, 9.17) is 84.0 Å². The summed E-state index contributed by atoms with van der Waals surface area (Å²) in [6.45, 7) is -1.27. The third kappa shape index (κ3) is 68.2. The van der Waals surface area contributed by atoms with Crippen LogP contribution in [0.3, 0.4) is 0 Å². The predicted molar refractivity (Wildman–Crippen MR) is 394 cm³/mol. The maximum absolute atomic E-state index is 12.5. The minimum absolute atomic E-state index is 0.0897. The van der Waals surface area contributed by atoms with Crippen molar-refractivity contribution in [2.75, 3.05) is 52.4 Å². The number of nitrogens with two attached hydrogens (primary N) is 10. The SMILES string of the molecule is NC(=O)CCC(CCC(N)=O)C(N)=O.NC(=O)CCC(CCC(N)=O)C(N)=O.NCC(=O)O.NCC(=O)O.NCC(=O)O.NCC(=O)O.O=C(CNCc1ccccc1)OC(=O)c1ccccc1C(=O)OC(=O)CNCc1ccccc1.O=C(O)CNC(=O)OCc1ccccc1.O=C(O)CNC(=O)OCc1ccccc1. The Morgan fingerprint density at radius 1 is 0.312 bits per heavy atom. The smallest absolute Gasteiger partial charge is 0.407 e. The molecule has 5 aromatic carbocycles. The zero-order valence-corrected chi connectivity index (χ0v) is 60.6. The fourth-order valence-corrected chi connectivity index (χ4v) is 7.01. The zero-order valence-electron chi connectivity index (χ0n) is 60.6. The van der Waals surface area contributed by atoms with Crippen LogP contribution in [0.4, 0.5) is 9.59 Å². The lowest BCUT2D eigenvalue weighted by Crippen LogP contribution is -2.29. The lowest BCUT2D eigenvalue weighted by molar-refractivity contribution is -0.138. The molecule has 112 heavy (non-hydrogen) atoms. The number of primary amides is 6. The van der Waals surface area contributed by atoms with Crippen molar-refractivity contribution >= 4 is 107 Å². The number of amides is 8. The Balaban J connectivity index is -0.000000640. The van der Waals surface area contributed by atoms with E-state index < -0.39 is 132 Å². The first-order valence-corrected chi connectivity index (χ1v) is 32.6. The molecule has 614 valence electrons. The number of aliphatic carboxylic acids is 6. The monoisotopic (exact) mass is 1580 g/mol. The van der Waals surface area contributed by atoms with E-state index in [1.165, 1.54) is 24.3 Å². The number of hydrogen-bond acceptors (Lipinski definition) is 28. The normalized spacial score (nSPS) is 9.48. The standard InChI is InChI=1S/C26H24N2O6.2C10H11NO4.2C8H15N3O3.4C2H5NO2/c29-23(17-27-15-19-9-3-1-4-10-19)33-25(31)21-13-7-8-14-22(21)26(32)34-24(30)18-28-16-20-11-5-2-6-12-20;2*12-9(13)6-11-10(14)15-7-8-4-2-1-3-5-8;2*9-6(12)3-1-5(8(11)14)2-4-7(10)13;4*3-1-2(4)5/h1-14,27-28H,15-18H2;2*1-5H,6-7H2,(H,11,14)(H,12,13);2*5H,1-4H2,(H2,9,12)(H2,10,13)(H2,11,14);4*1,3H2,(H,4,5). The summed E-state index contributed by atoms with van der Waals surface area (Å²) in [6, 6.07) is 42.8. The van der Waals surface area contributed by atoms with Crippen molar-refractivity contribution < 1.29 is 136 Å². The van der Waals surface area contributed by atoms with Crippen LogP contribution >= 0.6 is 0 Å². The van der Waals surface area contributed by atoms with Gasteiger partial charge in [0.15, 0.2) is 0 Å². The molecule has 0 radical (unpaired) electrons.